The van der Waals surface area contributed by atoms with Gasteiger partial charge in [-0.1, -0.05) is 76.3 Å². The van der Waals surface area contributed by atoms with E-state index in [1.807, 2.05) is 74.5 Å². The van der Waals surface area contributed by atoms with Crippen LogP contribution in [0.3, 0.4) is 0 Å². The number of Topliss-reactive ketones (excluding diaryl/α,β-unsaturated/α-hetero) is 1. The molecular formula is C56H58Cl4N4O8. The van der Waals surface area contributed by atoms with Crippen LogP contribution in [-0.4, -0.2) is 76.3 Å². The molecule has 0 radical (unpaired) electrons. The second-order valence-electron chi connectivity index (χ2n) is 20.2. The lowest BCUT2D eigenvalue weighted by Crippen LogP contribution is -2.39. The molecule has 12 rings (SSSR count). The maximum absolute atomic E-state index is 11.9. The molecule has 4 aromatic carbocycles. The van der Waals surface area contributed by atoms with Crippen LogP contribution in [-0.2, 0) is 22.7 Å². The number of benzene rings is 4. The lowest BCUT2D eigenvalue weighted by molar-refractivity contribution is 0.0122. The van der Waals surface area contributed by atoms with Crippen LogP contribution in [0.5, 0.6) is 0 Å². The van der Waals surface area contributed by atoms with Gasteiger partial charge in [-0.15, -0.1) is 0 Å². The monoisotopic (exact) mass is 1050 g/mol. The predicted molar refractivity (Wildman–Crippen MR) is 280 cm³/mol. The molecule has 6 atom stereocenters. The number of carbonyl (C=O) groups excluding carboxylic acids is 1. The van der Waals surface area contributed by atoms with Crippen LogP contribution in [0.25, 0.3) is 22.5 Å². The third-order valence-corrected chi connectivity index (χ3v) is 16.8. The van der Waals surface area contributed by atoms with Crippen LogP contribution in [0.4, 0.5) is 11.4 Å². The van der Waals surface area contributed by atoms with Gasteiger partial charge in [0, 0.05) is 88.0 Å². The molecule has 16 heteroatoms. The van der Waals surface area contributed by atoms with E-state index in [2.05, 4.69) is 20.1 Å². The van der Waals surface area contributed by atoms with Crippen molar-refractivity contribution in [3.8, 4) is 22.5 Å². The molecule has 2 aromatic heterocycles. The number of aromatic nitrogens is 2. The fourth-order valence-corrected chi connectivity index (χ4v) is 12.8. The number of fused-ring (bicyclic) bond motifs is 4. The number of halogens is 4. The number of piperidine rings is 2. The molecule has 4 bridgehead atoms. The third kappa shape index (κ3) is 9.81. The van der Waals surface area contributed by atoms with Crippen LogP contribution in [0, 0.1) is 25.7 Å². The Bertz CT molecular complexity index is 2980. The van der Waals surface area contributed by atoms with Crippen LogP contribution in [0.2, 0.25) is 20.1 Å². The minimum Gasteiger partial charge on any atom is -0.478 e. The van der Waals surface area contributed by atoms with E-state index >= 15 is 0 Å². The topological polar surface area (TPSA) is 152 Å². The van der Waals surface area contributed by atoms with Gasteiger partial charge in [-0.2, -0.15) is 0 Å². The second-order valence-corrected chi connectivity index (χ2v) is 21.8. The first kappa shape index (κ1) is 50.6. The van der Waals surface area contributed by atoms with Gasteiger partial charge in [-0.05, 0) is 137 Å². The van der Waals surface area contributed by atoms with Crippen molar-refractivity contribution in [3.63, 3.8) is 0 Å². The number of aromatic carboxylic acids is 1. The minimum absolute atomic E-state index is 0. The lowest BCUT2D eigenvalue weighted by atomic mass is 10.0. The third-order valence-electron chi connectivity index (χ3n) is 15.5. The minimum atomic E-state index is -0.896. The summed E-state index contributed by atoms with van der Waals surface area (Å²) in [6.07, 6.45) is 8.78. The van der Waals surface area contributed by atoms with Gasteiger partial charge >= 0.3 is 5.97 Å². The summed E-state index contributed by atoms with van der Waals surface area (Å²) in [7, 11) is 0. The van der Waals surface area contributed by atoms with Crippen LogP contribution in [0.1, 0.15) is 125 Å². The van der Waals surface area contributed by atoms with E-state index in [9.17, 15) is 14.7 Å². The molecule has 0 unspecified atom stereocenters. The molecule has 4 heterocycles. The van der Waals surface area contributed by atoms with E-state index < -0.39 is 12.6 Å². The van der Waals surface area contributed by atoms with Gasteiger partial charge in [0.1, 0.15) is 29.5 Å². The number of nitrogens with zero attached hydrogens (tertiary/aromatic N) is 4. The van der Waals surface area contributed by atoms with Gasteiger partial charge in [-0.3, -0.25) is 4.79 Å². The van der Waals surface area contributed by atoms with Gasteiger partial charge in [0.25, 0.3) is 0 Å². The van der Waals surface area contributed by atoms with E-state index in [0.29, 0.717) is 103 Å². The molecule has 2 N–H and O–H groups in total. The highest BCUT2D eigenvalue weighted by atomic mass is 35.5. The summed E-state index contributed by atoms with van der Waals surface area (Å²) in [6.45, 7) is 6.22. The van der Waals surface area contributed by atoms with Crippen molar-refractivity contribution in [3.05, 3.63) is 138 Å². The molecule has 378 valence electrons. The van der Waals surface area contributed by atoms with Crippen molar-refractivity contribution in [1.29, 1.82) is 0 Å². The Morgan fingerprint density at radius 1 is 0.639 bits per heavy atom. The number of hydrogen-bond acceptors (Lipinski definition) is 11. The molecule has 12 nitrogen and oxygen atoms in total. The number of aliphatic hydroxyl groups is 1. The number of hydrogen-bond donors (Lipinski definition) is 2. The number of aryl methyl sites for hydroxylation is 2. The van der Waals surface area contributed by atoms with E-state index in [4.69, 9.17) is 70.0 Å². The number of rotatable bonds is 15. The molecule has 2 aliphatic heterocycles. The van der Waals surface area contributed by atoms with Crippen LogP contribution in [0.15, 0.2) is 81.8 Å². The standard InChI is InChI=1S/C28H28Cl2N2O4.C27H26Cl2N2O4.CH4/c1-15-9-17(24(34)13-33)7-8-23(15)32-12-18-10-19(32)11-25(18)35-14-20-27(31-36-28(20)16-5-6-16)26-21(29)3-2-4-22(26)30;1-14-9-16(27(32)33)7-8-22(14)31-12-17-10-18(31)11-23(17)34-13-19-25(30-35-26(19)15-5-6-15)24-20(28)3-2-4-21(24)29;/h2-4,7-9,16,18-19,25,33H,5-6,10-14H2,1H3;2-4,7-9,15,17-18,23H,5-6,10-13H2,1H3,(H,32,33);1H4/t18-,19-,25+;17-,18-,23+;/m00./s1. The maximum atomic E-state index is 11.9. The second kappa shape index (κ2) is 20.8. The largest absolute Gasteiger partial charge is 0.478 e. The Labute approximate surface area is 439 Å². The number of ketones is 1. The molecule has 72 heavy (non-hydrogen) atoms. The summed E-state index contributed by atoms with van der Waals surface area (Å²) < 4.78 is 24.6. The SMILES string of the molecule is C.Cc1cc(C(=O)CO)ccc1N1C[C@@H]2C[C@H]1C[C@H]2OCc1c(-c2c(Cl)cccc2Cl)noc1C1CC1.Cc1cc(C(=O)O)ccc1N1C[C@@H]2C[C@H]1C[C@H]2OCc1c(-c2c(Cl)cccc2Cl)noc1C1CC1. The normalized spacial score (nSPS) is 22.8. The highest BCUT2D eigenvalue weighted by Crippen LogP contribution is 2.50. The summed E-state index contributed by atoms with van der Waals surface area (Å²) >= 11 is 26.0. The molecule has 6 aromatic rings. The first-order chi connectivity index (χ1) is 34.3. The number of carbonyl (C=O) groups is 2. The number of carboxylic acids is 1. The highest BCUT2D eigenvalue weighted by molar-refractivity contribution is 6.39. The summed E-state index contributed by atoms with van der Waals surface area (Å²) in [4.78, 5) is 28.0. The summed E-state index contributed by atoms with van der Waals surface area (Å²) in [5, 5.41) is 29.4. The van der Waals surface area contributed by atoms with E-state index in [1.54, 1.807) is 12.1 Å². The van der Waals surface area contributed by atoms with Crippen molar-refractivity contribution >= 4 is 69.5 Å². The van der Waals surface area contributed by atoms with Gasteiger partial charge < -0.3 is 38.5 Å². The van der Waals surface area contributed by atoms with Crippen molar-refractivity contribution < 1.29 is 38.3 Å². The number of carboxylic acid groups (broad SMARTS) is 1. The summed E-state index contributed by atoms with van der Waals surface area (Å²) in [6, 6.07) is 22.8. The average molecular weight is 1060 g/mol. The Hall–Kier alpha value is -4.92. The van der Waals surface area contributed by atoms with Crippen molar-refractivity contribution in [2.45, 2.75) is 122 Å². The van der Waals surface area contributed by atoms with Crippen molar-refractivity contribution in [2.24, 2.45) is 11.8 Å². The molecule has 0 spiro atoms. The lowest BCUT2D eigenvalue weighted by Gasteiger charge is -2.34. The smallest absolute Gasteiger partial charge is 0.335 e. The van der Waals surface area contributed by atoms with Gasteiger partial charge in [-0.25, -0.2) is 4.79 Å². The fraction of sp³-hybridized carbons (Fsp3) is 0.429. The van der Waals surface area contributed by atoms with E-state index in [1.165, 1.54) is 0 Å². The molecule has 4 saturated carbocycles. The highest BCUT2D eigenvalue weighted by Gasteiger charge is 2.48. The Balaban J connectivity index is 0.000000163. The molecule has 6 fully saturated rings. The molecule has 4 aliphatic carbocycles. The van der Waals surface area contributed by atoms with Crippen LogP contribution >= 0.6 is 46.4 Å². The Morgan fingerprint density at radius 3 is 1.42 bits per heavy atom. The molecule has 0 amide bonds. The van der Waals surface area contributed by atoms with Gasteiger partial charge in [0.15, 0.2) is 5.78 Å². The zero-order valence-corrected chi connectivity index (χ0v) is 42.4. The summed E-state index contributed by atoms with van der Waals surface area (Å²) in [5.41, 5.74) is 9.89. The zero-order valence-electron chi connectivity index (χ0n) is 39.4. The summed E-state index contributed by atoms with van der Waals surface area (Å²) in [5.74, 6) is 2.30. The molecule has 2 saturated heterocycles. The van der Waals surface area contributed by atoms with Gasteiger partial charge in [0.2, 0.25) is 0 Å². The van der Waals surface area contributed by atoms with Gasteiger partial charge in [0.05, 0.1) is 51.1 Å². The van der Waals surface area contributed by atoms with Crippen molar-refractivity contribution in [2.75, 3.05) is 29.5 Å². The molecule has 6 aliphatic rings. The Kier molecular flexibility index (Phi) is 14.6. The predicted octanol–water partition coefficient (Wildman–Crippen LogP) is 13.5. The quantitative estimate of drug-likeness (QED) is 0.0942. The fourth-order valence-electron chi connectivity index (χ4n) is 11.6. The average Bonchev–Trinajstić information content (AvgIpc) is 4.02. The first-order valence-electron chi connectivity index (χ1n) is 24.6. The number of ether oxygens (including phenoxy) is 2. The molecular weight excluding hydrogens is 998 g/mol. The van der Waals surface area contributed by atoms with Crippen LogP contribution < -0.4 is 9.80 Å². The zero-order chi connectivity index (χ0) is 49.2. The Morgan fingerprint density at radius 2 is 1.06 bits per heavy atom. The van der Waals surface area contributed by atoms with E-state index in [-0.39, 0.29) is 25.4 Å². The van der Waals surface area contributed by atoms with E-state index in [0.717, 1.165) is 110 Å². The number of aliphatic hydroxyl groups excluding tert-OH is 1. The number of anilines is 2. The first-order valence-corrected chi connectivity index (χ1v) is 26.1. The maximum Gasteiger partial charge on any atom is 0.335 e. The van der Waals surface area contributed by atoms with Crippen molar-refractivity contribution in [1.82, 2.24) is 10.3 Å².